The second-order valence-electron chi connectivity index (χ2n) is 4.99. The molecule has 1 unspecified atom stereocenters. The third-order valence-electron chi connectivity index (χ3n) is 3.27. The molecule has 2 aromatic carbocycles. The summed E-state index contributed by atoms with van der Waals surface area (Å²) in [6.45, 7) is 6.85. The first-order valence-corrected chi connectivity index (χ1v) is 7.17. The number of benzene rings is 2. The molecule has 0 saturated heterocycles. The number of ether oxygens (including phenoxy) is 1. The minimum absolute atomic E-state index is 0.0782. The maximum atomic E-state index is 6.11. The predicted molar refractivity (Wildman–Crippen MR) is 85.9 cm³/mol. The van der Waals surface area contributed by atoms with Crippen molar-refractivity contribution >= 4 is 17.3 Å². The summed E-state index contributed by atoms with van der Waals surface area (Å²) in [5, 5.41) is 4.16. The van der Waals surface area contributed by atoms with E-state index in [-0.39, 0.29) is 6.10 Å². The summed E-state index contributed by atoms with van der Waals surface area (Å²) in [4.78, 5) is 0. The van der Waals surface area contributed by atoms with Crippen LogP contribution in [0.5, 0.6) is 5.75 Å². The molecule has 0 bridgehead atoms. The summed E-state index contributed by atoms with van der Waals surface area (Å²) in [6, 6.07) is 13.9. The molecular formula is C17H20ClNO. The van der Waals surface area contributed by atoms with Gasteiger partial charge in [-0.2, -0.15) is 0 Å². The van der Waals surface area contributed by atoms with E-state index in [1.54, 1.807) is 0 Å². The molecule has 0 aliphatic carbocycles. The van der Waals surface area contributed by atoms with Gasteiger partial charge in [0.15, 0.2) is 0 Å². The van der Waals surface area contributed by atoms with Crippen LogP contribution in [-0.2, 0) is 0 Å². The Morgan fingerprint density at radius 3 is 2.60 bits per heavy atom. The van der Waals surface area contributed by atoms with Crippen molar-refractivity contribution < 1.29 is 4.74 Å². The topological polar surface area (TPSA) is 21.3 Å². The van der Waals surface area contributed by atoms with Crippen LogP contribution in [0.4, 0.5) is 5.69 Å². The Morgan fingerprint density at radius 1 is 1.10 bits per heavy atom. The first kappa shape index (κ1) is 14.7. The molecule has 2 nitrogen and oxygen atoms in total. The average molecular weight is 290 g/mol. The van der Waals surface area contributed by atoms with Crippen LogP contribution >= 0.6 is 11.6 Å². The van der Waals surface area contributed by atoms with E-state index in [9.17, 15) is 0 Å². The molecule has 0 aromatic heterocycles. The molecule has 106 valence electrons. The molecule has 0 radical (unpaired) electrons. The molecule has 2 rings (SSSR count). The quantitative estimate of drug-likeness (QED) is 0.851. The highest BCUT2D eigenvalue weighted by atomic mass is 35.5. The monoisotopic (exact) mass is 289 g/mol. The van der Waals surface area contributed by atoms with Gasteiger partial charge in [-0.25, -0.2) is 0 Å². The zero-order chi connectivity index (χ0) is 14.5. The molecule has 3 heteroatoms. The molecule has 0 saturated carbocycles. The zero-order valence-electron chi connectivity index (χ0n) is 12.1. The zero-order valence-corrected chi connectivity index (χ0v) is 12.9. The molecule has 0 aliphatic rings. The highest BCUT2D eigenvalue weighted by Gasteiger charge is 2.07. The molecule has 0 fully saturated rings. The van der Waals surface area contributed by atoms with E-state index < -0.39 is 0 Å². The van der Waals surface area contributed by atoms with Crippen LogP contribution in [-0.4, -0.2) is 12.6 Å². The van der Waals surface area contributed by atoms with Crippen molar-refractivity contribution in [2.45, 2.75) is 26.9 Å². The van der Waals surface area contributed by atoms with Crippen LogP contribution < -0.4 is 10.1 Å². The summed E-state index contributed by atoms with van der Waals surface area (Å²) in [5.74, 6) is 0.935. The smallest absolute Gasteiger partial charge is 0.122 e. The van der Waals surface area contributed by atoms with Gasteiger partial charge in [0.25, 0.3) is 0 Å². The molecule has 0 spiro atoms. The number of para-hydroxylation sites is 1. The van der Waals surface area contributed by atoms with Crippen LogP contribution in [0.1, 0.15) is 18.1 Å². The summed E-state index contributed by atoms with van der Waals surface area (Å²) in [6.07, 6.45) is 0.0782. The van der Waals surface area contributed by atoms with E-state index in [4.69, 9.17) is 16.3 Å². The minimum atomic E-state index is 0.0782. The van der Waals surface area contributed by atoms with Gasteiger partial charge < -0.3 is 10.1 Å². The largest absolute Gasteiger partial charge is 0.489 e. The average Bonchev–Trinajstić information content (AvgIpc) is 2.43. The van der Waals surface area contributed by atoms with Crippen molar-refractivity contribution in [3.63, 3.8) is 0 Å². The molecule has 0 amide bonds. The van der Waals surface area contributed by atoms with Crippen molar-refractivity contribution in [3.05, 3.63) is 58.6 Å². The molecule has 1 N–H and O–H groups in total. The summed E-state index contributed by atoms with van der Waals surface area (Å²) in [5.41, 5.74) is 3.27. The van der Waals surface area contributed by atoms with Gasteiger partial charge in [-0.15, -0.1) is 0 Å². The van der Waals surface area contributed by atoms with Gasteiger partial charge in [-0.3, -0.25) is 0 Å². The Balaban J connectivity index is 1.94. The maximum absolute atomic E-state index is 6.11. The summed E-state index contributed by atoms with van der Waals surface area (Å²) in [7, 11) is 0. The Kier molecular flexibility index (Phi) is 4.91. The molecule has 0 heterocycles. The second kappa shape index (κ2) is 6.67. The Bertz CT molecular complexity index is 583. The van der Waals surface area contributed by atoms with Crippen LogP contribution in [0.25, 0.3) is 0 Å². The van der Waals surface area contributed by atoms with Gasteiger partial charge in [-0.05, 0) is 50.1 Å². The number of anilines is 1. The van der Waals surface area contributed by atoms with E-state index >= 15 is 0 Å². The van der Waals surface area contributed by atoms with Gasteiger partial charge in [0.2, 0.25) is 0 Å². The molecule has 2 aromatic rings. The maximum Gasteiger partial charge on any atom is 0.122 e. The van der Waals surface area contributed by atoms with Crippen molar-refractivity contribution in [3.8, 4) is 5.75 Å². The van der Waals surface area contributed by atoms with Gasteiger partial charge in [-0.1, -0.05) is 35.9 Å². The van der Waals surface area contributed by atoms with Crippen molar-refractivity contribution in [1.82, 2.24) is 0 Å². The number of hydrogen-bond donors (Lipinski definition) is 1. The number of rotatable bonds is 5. The van der Waals surface area contributed by atoms with Gasteiger partial charge >= 0.3 is 0 Å². The molecule has 1 atom stereocenters. The van der Waals surface area contributed by atoms with Crippen molar-refractivity contribution in [1.29, 1.82) is 0 Å². The second-order valence-corrected chi connectivity index (χ2v) is 5.39. The molecule has 20 heavy (non-hydrogen) atoms. The van der Waals surface area contributed by atoms with Crippen molar-refractivity contribution in [2.75, 3.05) is 11.9 Å². The van der Waals surface area contributed by atoms with E-state index in [0.29, 0.717) is 0 Å². The number of aryl methyl sites for hydroxylation is 1. The number of halogens is 1. The Morgan fingerprint density at radius 2 is 1.85 bits per heavy atom. The van der Waals surface area contributed by atoms with E-state index in [1.165, 1.54) is 0 Å². The van der Waals surface area contributed by atoms with E-state index in [2.05, 4.69) is 25.2 Å². The highest BCUT2D eigenvalue weighted by molar-refractivity contribution is 6.31. The lowest BCUT2D eigenvalue weighted by atomic mass is 10.2. The fourth-order valence-electron chi connectivity index (χ4n) is 2.00. The SMILES string of the molecule is Cc1ccccc1OC(C)CNc1cccc(Cl)c1C. The van der Waals surface area contributed by atoms with Crippen molar-refractivity contribution in [2.24, 2.45) is 0 Å². The van der Waals surface area contributed by atoms with E-state index in [0.717, 1.165) is 34.1 Å². The lowest BCUT2D eigenvalue weighted by Crippen LogP contribution is -2.23. The Labute approximate surface area is 125 Å². The van der Waals surface area contributed by atoms with Crippen LogP contribution in [0.2, 0.25) is 5.02 Å². The highest BCUT2D eigenvalue weighted by Crippen LogP contribution is 2.23. The molecular weight excluding hydrogens is 270 g/mol. The lowest BCUT2D eigenvalue weighted by molar-refractivity contribution is 0.233. The third-order valence-corrected chi connectivity index (χ3v) is 3.68. The fourth-order valence-corrected chi connectivity index (χ4v) is 2.17. The van der Waals surface area contributed by atoms with Gasteiger partial charge in [0.05, 0.1) is 6.54 Å². The first-order valence-electron chi connectivity index (χ1n) is 6.79. The fraction of sp³-hybridized carbons (Fsp3) is 0.294. The lowest BCUT2D eigenvalue weighted by Gasteiger charge is -2.18. The summed E-state index contributed by atoms with van der Waals surface area (Å²) < 4.78 is 5.94. The van der Waals surface area contributed by atoms with Gasteiger partial charge in [0.1, 0.15) is 11.9 Å². The van der Waals surface area contributed by atoms with Gasteiger partial charge in [0, 0.05) is 10.7 Å². The minimum Gasteiger partial charge on any atom is -0.489 e. The normalized spacial score (nSPS) is 12.0. The number of hydrogen-bond acceptors (Lipinski definition) is 2. The number of nitrogens with one attached hydrogen (secondary N) is 1. The standard InChI is InChI=1S/C17H20ClNO/c1-12-7-4-5-10-17(12)20-13(2)11-19-16-9-6-8-15(18)14(16)3/h4-10,13,19H,11H2,1-3H3. The Hall–Kier alpha value is -1.67. The van der Waals surface area contributed by atoms with Crippen LogP contribution in [0.15, 0.2) is 42.5 Å². The van der Waals surface area contributed by atoms with Crippen LogP contribution in [0.3, 0.4) is 0 Å². The van der Waals surface area contributed by atoms with Crippen LogP contribution in [0, 0.1) is 13.8 Å². The first-order chi connectivity index (χ1) is 9.58. The predicted octanol–water partition coefficient (Wildman–Crippen LogP) is 4.84. The third kappa shape index (κ3) is 3.67. The molecule has 0 aliphatic heterocycles. The van der Waals surface area contributed by atoms with E-state index in [1.807, 2.05) is 43.3 Å². The summed E-state index contributed by atoms with van der Waals surface area (Å²) >= 11 is 6.11.